The molecule has 4 nitrogen and oxygen atoms in total. The summed E-state index contributed by atoms with van der Waals surface area (Å²) in [6.45, 7) is 4.34. The molecule has 0 saturated heterocycles. The molecule has 2 rings (SSSR count). The fraction of sp³-hybridized carbons (Fsp3) is 0.500. The van der Waals surface area contributed by atoms with Crippen molar-refractivity contribution in [3.05, 3.63) is 29.3 Å². The first-order valence-corrected chi connectivity index (χ1v) is 6.32. The van der Waals surface area contributed by atoms with Gasteiger partial charge in [-0.05, 0) is 43.9 Å². The average molecular weight is 248 g/mol. The van der Waals surface area contributed by atoms with E-state index < -0.39 is 6.04 Å². The molecule has 18 heavy (non-hydrogen) atoms. The molecule has 0 heterocycles. The zero-order valence-corrected chi connectivity index (χ0v) is 10.9. The van der Waals surface area contributed by atoms with Gasteiger partial charge >= 0.3 is 0 Å². The molecule has 1 atom stereocenters. The van der Waals surface area contributed by atoms with Crippen LogP contribution in [0.1, 0.15) is 24.0 Å². The first-order chi connectivity index (χ1) is 8.58. The number of hydrogen-bond donors (Lipinski definition) is 2. The predicted octanol–water partition coefficient (Wildman–Crippen LogP) is 1.29. The average Bonchev–Trinajstić information content (AvgIpc) is 3.13. The van der Waals surface area contributed by atoms with E-state index in [9.17, 15) is 4.79 Å². The van der Waals surface area contributed by atoms with Gasteiger partial charge in [-0.15, -0.1) is 0 Å². The fourth-order valence-electron chi connectivity index (χ4n) is 1.80. The molecule has 1 aliphatic carbocycles. The number of benzene rings is 1. The predicted molar refractivity (Wildman–Crippen MR) is 70.6 cm³/mol. The van der Waals surface area contributed by atoms with E-state index in [-0.39, 0.29) is 12.5 Å². The molecule has 1 fully saturated rings. The lowest BCUT2D eigenvalue weighted by molar-refractivity contribution is -0.120. The van der Waals surface area contributed by atoms with Crippen molar-refractivity contribution in [3.63, 3.8) is 0 Å². The van der Waals surface area contributed by atoms with Gasteiger partial charge in [0.25, 0.3) is 0 Å². The zero-order valence-electron chi connectivity index (χ0n) is 10.9. The van der Waals surface area contributed by atoms with Gasteiger partial charge in [0.1, 0.15) is 18.4 Å². The molecule has 3 N–H and O–H groups in total. The quantitative estimate of drug-likeness (QED) is 0.797. The largest absolute Gasteiger partial charge is 0.491 e. The zero-order chi connectivity index (χ0) is 13.1. The van der Waals surface area contributed by atoms with Gasteiger partial charge in [0.05, 0.1) is 0 Å². The standard InChI is InChI=1S/C14H20N2O2/c1-9-4-3-5-13(10(9)2)18-8-12(14(15)17)16-11-6-7-11/h3-5,11-12,16H,6-8H2,1-2H3,(H2,15,17). The highest BCUT2D eigenvalue weighted by Gasteiger charge is 2.27. The van der Waals surface area contributed by atoms with Crippen LogP contribution >= 0.6 is 0 Å². The number of amides is 1. The summed E-state index contributed by atoms with van der Waals surface area (Å²) in [7, 11) is 0. The van der Waals surface area contributed by atoms with E-state index in [0.717, 1.165) is 24.2 Å². The Bertz CT molecular complexity index is 441. The minimum absolute atomic E-state index is 0.288. The minimum atomic E-state index is -0.405. The third kappa shape index (κ3) is 3.23. The topological polar surface area (TPSA) is 64.3 Å². The number of aryl methyl sites for hydroxylation is 1. The number of carbonyl (C=O) groups is 1. The van der Waals surface area contributed by atoms with Crippen molar-refractivity contribution >= 4 is 5.91 Å². The molecule has 0 spiro atoms. The second-order valence-electron chi connectivity index (χ2n) is 4.90. The van der Waals surface area contributed by atoms with Gasteiger partial charge in [0.15, 0.2) is 0 Å². The SMILES string of the molecule is Cc1cccc(OCC(NC2CC2)C(N)=O)c1C. The summed E-state index contributed by atoms with van der Waals surface area (Å²) in [6, 6.07) is 5.93. The maximum absolute atomic E-state index is 11.3. The normalized spacial score (nSPS) is 16.3. The van der Waals surface area contributed by atoms with E-state index in [4.69, 9.17) is 10.5 Å². The maximum Gasteiger partial charge on any atom is 0.238 e. The van der Waals surface area contributed by atoms with Crippen LogP contribution in [0, 0.1) is 13.8 Å². The molecule has 1 aromatic rings. The molecule has 1 unspecified atom stereocenters. The second kappa shape index (κ2) is 5.40. The van der Waals surface area contributed by atoms with Gasteiger partial charge in [-0.1, -0.05) is 12.1 Å². The summed E-state index contributed by atoms with van der Waals surface area (Å²) in [5.41, 5.74) is 7.65. The van der Waals surface area contributed by atoms with Crippen molar-refractivity contribution < 1.29 is 9.53 Å². The van der Waals surface area contributed by atoms with E-state index in [1.54, 1.807) is 0 Å². The molecule has 0 aromatic heterocycles. The Kier molecular flexibility index (Phi) is 3.87. The summed E-state index contributed by atoms with van der Waals surface area (Å²) in [5.74, 6) is 0.464. The third-order valence-corrected chi connectivity index (χ3v) is 3.32. The van der Waals surface area contributed by atoms with Gasteiger partial charge in [-0.25, -0.2) is 0 Å². The van der Waals surface area contributed by atoms with Gasteiger partial charge in [-0.2, -0.15) is 0 Å². The number of rotatable bonds is 6. The summed E-state index contributed by atoms with van der Waals surface area (Å²) in [4.78, 5) is 11.3. The number of hydrogen-bond acceptors (Lipinski definition) is 3. The van der Waals surface area contributed by atoms with Crippen LogP contribution in [0.15, 0.2) is 18.2 Å². The summed E-state index contributed by atoms with van der Waals surface area (Å²) in [6.07, 6.45) is 2.24. The summed E-state index contributed by atoms with van der Waals surface area (Å²) < 4.78 is 5.71. The van der Waals surface area contributed by atoms with E-state index in [1.807, 2.05) is 32.0 Å². The Morgan fingerprint density at radius 1 is 1.50 bits per heavy atom. The van der Waals surface area contributed by atoms with Gasteiger partial charge in [-0.3, -0.25) is 4.79 Å². The fourth-order valence-corrected chi connectivity index (χ4v) is 1.80. The molecule has 98 valence electrons. The lowest BCUT2D eigenvalue weighted by Gasteiger charge is -2.17. The van der Waals surface area contributed by atoms with Crippen LogP contribution in [-0.2, 0) is 4.79 Å². The minimum Gasteiger partial charge on any atom is -0.491 e. The highest BCUT2D eigenvalue weighted by atomic mass is 16.5. The summed E-state index contributed by atoms with van der Waals surface area (Å²) >= 11 is 0. The van der Waals surface area contributed by atoms with Crippen molar-refractivity contribution in [1.29, 1.82) is 0 Å². The van der Waals surface area contributed by atoms with Crippen LogP contribution in [0.3, 0.4) is 0 Å². The first kappa shape index (κ1) is 12.9. The smallest absolute Gasteiger partial charge is 0.238 e. The van der Waals surface area contributed by atoms with Crippen LogP contribution < -0.4 is 15.8 Å². The molecule has 1 saturated carbocycles. The number of ether oxygens (including phenoxy) is 1. The number of nitrogens with one attached hydrogen (secondary N) is 1. The van der Waals surface area contributed by atoms with Crippen LogP contribution in [0.2, 0.25) is 0 Å². The monoisotopic (exact) mass is 248 g/mol. The Morgan fingerprint density at radius 2 is 2.22 bits per heavy atom. The van der Waals surface area contributed by atoms with Crippen molar-refractivity contribution in [2.24, 2.45) is 5.73 Å². The molecule has 0 radical (unpaired) electrons. The molecule has 1 amide bonds. The van der Waals surface area contributed by atoms with Crippen molar-refractivity contribution in [3.8, 4) is 5.75 Å². The Labute approximate surface area is 108 Å². The van der Waals surface area contributed by atoms with E-state index in [1.165, 1.54) is 5.56 Å². The van der Waals surface area contributed by atoms with Crippen LogP contribution in [0.4, 0.5) is 0 Å². The molecule has 1 aliphatic rings. The third-order valence-electron chi connectivity index (χ3n) is 3.32. The lowest BCUT2D eigenvalue weighted by Crippen LogP contribution is -2.46. The summed E-state index contributed by atoms with van der Waals surface area (Å²) in [5, 5.41) is 3.20. The number of carbonyl (C=O) groups excluding carboxylic acids is 1. The van der Waals surface area contributed by atoms with E-state index in [0.29, 0.717) is 6.04 Å². The molecule has 1 aromatic carbocycles. The van der Waals surface area contributed by atoms with Crippen molar-refractivity contribution in [2.75, 3.05) is 6.61 Å². The van der Waals surface area contributed by atoms with E-state index >= 15 is 0 Å². The Hall–Kier alpha value is -1.55. The number of primary amides is 1. The van der Waals surface area contributed by atoms with Crippen molar-refractivity contribution in [1.82, 2.24) is 5.32 Å². The molecule has 0 bridgehead atoms. The number of nitrogens with two attached hydrogens (primary N) is 1. The Balaban J connectivity index is 1.95. The molecular formula is C14H20N2O2. The molecule has 4 heteroatoms. The van der Waals surface area contributed by atoms with Gasteiger partial charge in [0, 0.05) is 6.04 Å². The van der Waals surface area contributed by atoms with E-state index in [2.05, 4.69) is 5.32 Å². The second-order valence-corrected chi connectivity index (χ2v) is 4.90. The van der Waals surface area contributed by atoms with Crippen LogP contribution in [0.25, 0.3) is 0 Å². The van der Waals surface area contributed by atoms with Gasteiger partial charge < -0.3 is 15.8 Å². The Morgan fingerprint density at radius 3 is 2.83 bits per heavy atom. The van der Waals surface area contributed by atoms with Crippen LogP contribution in [-0.4, -0.2) is 24.6 Å². The molecular weight excluding hydrogens is 228 g/mol. The highest BCUT2D eigenvalue weighted by molar-refractivity contribution is 5.80. The van der Waals surface area contributed by atoms with Crippen LogP contribution in [0.5, 0.6) is 5.75 Å². The highest BCUT2D eigenvalue weighted by Crippen LogP contribution is 2.22. The first-order valence-electron chi connectivity index (χ1n) is 6.32. The van der Waals surface area contributed by atoms with Gasteiger partial charge in [0.2, 0.25) is 5.91 Å². The lowest BCUT2D eigenvalue weighted by atomic mass is 10.1. The maximum atomic E-state index is 11.3. The molecule has 0 aliphatic heterocycles. The van der Waals surface area contributed by atoms with Crippen molar-refractivity contribution in [2.45, 2.75) is 38.8 Å².